The average Bonchev–Trinajstić information content (AvgIpc) is 2.80. The van der Waals surface area contributed by atoms with Gasteiger partial charge in [0.2, 0.25) is 0 Å². The maximum absolute atomic E-state index is 13.0. The Kier molecular flexibility index (Phi) is 4.31. The van der Waals surface area contributed by atoms with Crippen molar-refractivity contribution in [2.24, 2.45) is 0 Å². The third kappa shape index (κ3) is 2.61. The number of amides is 1. The van der Waals surface area contributed by atoms with Crippen molar-refractivity contribution in [2.45, 2.75) is 45.0 Å². The van der Waals surface area contributed by atoms with Gasteiger partial charge < -0.3 is 14.2 Å². The molecule has 3 rings (SSSR count). The fourth-order valence-corrected chi connectivity index (χ4v) is 4.90. The van der Waals surface area contributed by atoms with E-state index in [1.165, 1.54) is 5.69 Å². The van der Waals surface area contributed by atoms with E-state index in [4.69, 9.17) is 4.74 Å². The number of carbonyl (C=O) groups is 1. The lowest BCUT2D eigenvalue weighted by molar-refractivity contribution is 0.0318. The van der Waals surface area contributed by atoms with E-state index in [-0.39, 0.29) is 5.91 Å². The fourth-order valence-electron chi connectivity index (χ4n) is 3.60. The summed E-state index contributed by atoms with van der Waals surface area (Å²) in [6, 6.07) is 2.40. The van der Waals surface area contributed by atoms with Crippen LogP contribution in [-0.2, 0) is 11.3 Å². The second-order valence-electron chi connectivity index (χ2n) is 5.87. The van der Waals surface area contributed by atoms with Gasteiger partial charge in [0.1, 0.15) is 0 Å². The SMILES string of the molecule is CCn1c(C)cc(C(=O)N2CCS[C@H]3COCC[C@@H]32)c1C. The van der Waals surface area contributed by atoms with Crippen LogP contribution in [0.1, 0.15) is 35.1 Å². The fraction of sp³-hybridized carbons (Fsp3) is 0.688. The summed E-state index contributed by atoms with van der Waals surface area (Å²) in [7, 11) is 0. The smallest absolute Gasteiger partial charge is 0.255 e. The average molecular weight is 308 g/mol. The first-order valence-corrected chi connectivity index (χ1v) is 8.85. The van der Waals surface area contributed by atoms with Gasteiger partial charge in [0.15, 0.2) is 0 Å². The Labute approximate surface area is 130 Å². The molecule has 1 aromatic heterocycles. The van der Waals surface area contributed by atoms with Crippen molar-refractivity contribution in [3.63, 3.8) is 0 Å². The molecule has 0 aromatic carbocycles. The number of ether oxygens (including phenoxy) is 1. The molecule has 116 valence electrons. The van der Waals surface area contributed by atoms with Crippen molar-refractivity contribution in [3.8, 4) is 0 Å². The molecule has 0 bridgehead atoms. The maximum atomic E-state index is 13.0. The summed E-state index contributed by atoms with van der Waals surface area (Å²) < 4.78 is 7.79. The Bertz CT molecular complexity index is 539. The lowest BCUT2D eigenvalue weighted by Gasteiger charge is -2.43. The Morgan fingerprint density at radius 2 is 2.29 bits per heavy atom. The molecule has 0 saturated carbocycles. The van der Waals surface area contributed by atoms with E-state index < -0.39 is 0 Å². The number of hydrogen-bond acceptors (Lipinski definition) is 3. The number of hydrogen-bond donors (Lipinski definition) is 0. The van der Waals surface area contributed by atoms with Gasteiger partial charge in [-0.05, 0) is 33.3 Å². The first-order chi connectivity index (χ1) is 10.1. The topological polar surface area (TPSA) is 34.5 Å². The highest BCUT2D eigenvalue weighted by Crippen LogP contribution is 2.31. The van der Waals surface area contributed by atoms with Crippen molar-refractivity contribution < 1.29 is 9.53 Å². The van der Waals surface area contributed by atoms with Gasteiger partial charge in [0, 0.05) is 48.1 Å². The highest BCUT2D eigenvalue weighted by atomic mass is 32.2. The van der Waals surface area contributed by atoms with Gasteiger partial charge in [-0.2, -0.15) is 11.8 Å². The van der Waals surface area contributed by atoms with E-state index in [0.29, 0.717) is 11.3 Å². The largest absolute Gasteiger partial charge is 0.380 e. The number of rotatable bonds is 2. The Hall–Kier alpha value is -0.940. The minimum Gasteiger partial charge on any atom is -0.380 e. The van der Waals surface area contributed by atoms with Crippen LogP contribution < -0.4 is 0 Å². The van der Waals surface area contributed by atoms with Crippen LogP contribution in [0.2, 0.25) is 0 Å². The van der Waals surface area contributed by atoms with Crippen LogP contribution in [0.15, 0.2) is 6.07 Å². The van der Waals surface area contributed by atoms with Crippen LogP contribution in [-0.4, -0.2) is 52.2 Å². The molecule has 5 heteroatoms. The van der Waals surface area contributed by atoms with Gasteiger partial charge in [-0.1, -0.05) is 0 Å². The monoisotopic (exact) mass is 308 g/mol. The zero-order valence-electron chi connectivity index (χ0n) is 13.1. The number of fused-ring (bicyclic) bond motifs is 1. The van der Waals surface area contributed by atoms with Gasteiger partial charge in [-0.25, -0.2) is 0 Å². The number of aromatic nitrogens is 1. The highest BCUT2D eigenvalue weighted by Gasteiger charge is 2.37. The number of thioether (sulfide) groups is 1. The number of nitrogens with zero attached hydrogens (tertiary/aromatic N) is 2. The number of carbonyl (C=O) groups excluding carboxylic acids is 1. The van der Waals surface area contributed by atoms with Crippen molar-refractivity contribution in [3.05, 3.63) is 23.0 Å². The zero-order valence-corrected chi connectivity index (χ0v) is 13.9. The van der Waals surface area contributed by atoms with Crippen LogP contribution in [0.25, 0.3) is 0 Å². The molecule has 0 aliphatic carbocycles. The molecule has 2 aliphatic rings. The molecule has 0 unspecified atom stereocenters. The first kappa shape index (κ1) is 15.0. The molecule has 0 spiro atoms. The molecule has 4 nitrogen and oxygen atoms in total. The molecule has 3 heterocycles. The standard InChI is InChI=1S/C16H24N2O2S/c1-4-17-11(2)9-13(12(17)3)16(19)18-6-8-21-15-10-20-7-5-14(15)18/h9,14-15H,4-8,10H2,1-3H3/t14-,15-/m0/s1. The number of aryl methyl sites for hydroxylation is 1. The summed E-state index contributed by atoms with van der Waals surface area (Å²) in [5, 5.41) is 0.450. The summed E-state index contributed by atoms with van der Waals surface area (Å²) in [6.45, 7) is 9.61. The molecule has 0 N–H and O–H groups in total. The van der Waals surface area contributed by atoms with Gasteiger partial charge in [0.05, 0.1) is 12.2 Å². The molecular formula is C16H24N2O2S. The minimum atomic E-state index is 0.208. The van der Waals surface area contributed by atoms with Crippen LogP contribution in [0.4, 0.5) is 0 Å². The van der Waals surface area contributed by atoms with Crippen LogP contribution in [0.3, 0.4) is 0 Å². The Balaban J connectivity index is 1.87. The molecule has 2 aliphatic heterocycles. The van der Waals surface area contributed by atoms with Crippen molar-refractivity contribution >= 4 is 17.7 Å². The van der Waals surface area contributed by atoms with Gasteiger partial charge in [-0.15, -0.1) is 0 Å². The minimum absolute atomic E-state index is 0.208. The molecule has 2 atom stereocenters. The highest BCUT2D eigenvalue weighted by molar-refractivity contribution is 8.00. The predicted octanol–water partition coefficient (Wildman–Crippen LogP) is 2.47. The van der Waals surface area contributed by atoms with Gasteiger partial charge in [0.25, 0.3) is 5.91 Å². The normalized spacial score (nSPS) is 25.8. The first-order valence-electron chi connectivity index (χ1n) is 7.80. The second-order valence-corrected chi connectivity index (χ2v) is 7.21. The van der Waals surface area contributed by atoms with E-state index in [2.05, 4.69) is 36.3 Å². The predicted molar refractivity (Wildman–Crippen MR) is 86.1 cm³/mol. The molecular weight excluding hydrogens is 284 g/mol. The van der Waals surface area contributed by atoms with Crippen molar-refractivity contribution in [2.75, 3.05) is 25.5 Å². The van der Waals surface area contributed by atoms with E-state index in [9.17, 15) is 4.79 Å². The third-order valence-electron chi connectivity index (χ3n) is 4.71. The van der Waals surface area contributed by atoms with Crippen LogP contribution in [0, 0.1) is 13.8 Å². The molecule has 1 aromatic rings. The van der Waals surface area contributed by atoms with Gasteiger partial charge >= 0.3 is 0 Å². The molecule has 1 amide bonds. The van der Waals surface area contributed by atoms with Crippen molar-refractivity contribution in [1.82, 2.24) is 9.47 Å². The molecule has 2 saturated heterocycles. The van der Waals surface area contributed by atoms with E-state index in [1.54, 1.807) is 0 Å². The third-order valence-corrected chi connectivity index (χ3v) is 6.01. The van der Waals surface area contributed by atoms with Crippen molar-refractivity contribution in [1.29, 1.82) is 0 Å². The maximum Gasteiger partial charge on any atom is 0.255 e. The van der Waals surface area contributed by atoms with E-state index in [1.807, 2.05) is 11.8 Å². The second kappa shape index (κ2) is 6.05. The summed E-state index contributed by atoms with van der Waals surface area (Å²) in [5.41, 5.74) is 3.15. The summed E-state index contributed by atoms with van der Waals surface area (Å²) in [5.74, 6) is 1.22. The lowest BCUT2D eigenvalue weighted by Crippen LogP contribution is -2.54. The summed E-state index contributed by atoms with van der Waals surface area (Å²) in [6.07, 6.45) is 0.968. The summed E-state index contributed by atoms with van der Waals surface area (Å²) >= 11 is 1.96. The summed E-state index contributed by atoms with van der Waals surface area (Å²) in [4.78, 5) is 15.1. The van der Waals surface area contributed by atoms with Crippen LogP contribution in [0.5, 0.6) is 0 Å². The molecule has 21 heavy (non-hydrogen) atoms. The lowest BCUT2D eigenvalue weighted by atomic mass is 10.0. The van der Waals surface area contributed by atoms with E-state index >= 15 is 0 Å². The Morgan fingerprint density at radius 3 is 3.00 bits per heavy atom. The zero-order chi connectivity index (χ0) is 15.0. The molecule has 2 fully saturated rings. The Morgan fingerprint density at radius 1 is 1.48 bits per heavy atom. The van der Waals surface area contributed by atoms with Gasteiger partial charge in [-0.3, -0.25) is 4.79 Å². The quantitative estimate of drug-likeness (QED) is 0.842. The van der Waals surface area contributed by atoms with E-state index in [0.717, 1.165) is 49.7 Å². The van der Waals surface area contributed by atoms with Crippen LogP contribution >= 0.6 is 11.8 Å². The molecule has 0 radical (unpaired) electrons.